The maximum absolute atomic E-state index is 12.9. The summed E-state index contributed by atoms with van der Waals surface area (Å²) in [6.45, 7) is 2.00. The van der Waals surface area contributed by atoms with Gasteiger partial charge in [-0.25, -0.2) is 4.68 Å². The largest absolute Gasteiger partial charge is 0.497 e. The first-order valence-electron chi connectivity index (χ1n) is 9.60. The van der Waals surface area contributed by atoms with Gasteiger partial charge in [-0.3, -0.25) is 20.4 Å². The number of nitrogens with one attached hydrogen (secondary N) is 3. The zero-order valence-corrected chi connectivity index (χ0v) is 17.0. The van der Waals surface area contributed by atoms with Crippen molar-refractivity contribution in [3.63, 3.8) is 0 Å². The standard InChI is InChI=1S/C23H21N5O3/c1-15-8-10-17(11-9-15)28-14-19(21(27-28)16-5-3-6-18(13-16)31-2)22(29)25-26-23(30)20-7-4-12-24-20/h3-14,24H,1-2H3,(H,25,29)(H,26,30). The molecule has 0 atom stereocenters. The van der Waals surface area contributed by atoms with Gasteiger partial charge in [0.15, 0.2) is 0 Å². The summed E-state index contributed by atoms with van der Waals surface area (Å²) in [7, 11) is 1.58. The van der Waals surface area contributed by atoms with Crippen LogP contribution in [-0.4, -0.2) is 33.7 Å². The number of benzene rings is 2. The van der Waals surface area contributed by atoms with Crippen molar-refractivity contribution in [2.45, 2.75) is 6.92 Å². The van der Waals surface area contributed by atoms with E-state index in [2.05, 4.69) is 20.9 Å². The van der Waals surface area contributed by atoms with Crippen molar-refractivity contribution in [1.29, 1.82) is 0 Å². The fourth-order valence-corrected chi connectivity index (χ4v) is 3.07. The Morgan fingerprint density at radius 1 is 1.00 bits per heavy atom. The number of carbonyl (C=O) groups is 2. The highest BCUT2D eigenvalue weighted by Crippen LogP contribution is 2.27. The normalized spacial score (nSPS) is 10.5. The van der Waals surface area contributed by atoms with Crippen LogP contribution < -0.4 is 15.6 Å². The SMILES string of the molecule is COc1cccc(-c2nn(-c3ccc(C)cc3)cc2C(=O)NNC(=O)c2ccc[nH]2)c1. The summed E-state index contributed by atoms with van der Waals surface area (Å²) >= 11 is 0. The Morgan fingerprint density at radius 3 is 2.48 bits per heavy atom. The second-order valence-electron chi connectivity index (χ2n) is 6.90. The molecule has 2 heterocycles. The Morgan fingerprint density at radius 2 is 1.77 bits per heavy atom. The third-order valence-corrected chi connectivity index (χ3v) is 4.73. The van der Waals surface area contributed by atoms with Crippen LogP contribution in [0.4, 0.5) is 0 Å². The van der Waals surface area contributed by atoms with Gasteiger partial charge in [0.25, 0.3) is 11.8 Å². The number of aromatic amines is 1. The second kappa shape index (κ2) is 8.58. The highest BCUT2D eigenvalue weighted by atomic mass is 16.5. The Labute approximate surface area is 178 Å². The Hall–Kier alpha value is -4.33. The minimum absolute atomic E-state index is 0.306. The quantitative estimate of drug-likeness (QED) is 0.436. The summed E-state index contributed by atoms with van der Waals surface area (Å²) in [4.78, 5) is 27.9. The van der Waals surface area contributed by atoms with Gasteiger partial charge in [0.2, 0.25) is 0 Å². The van der Waals surface area contributed by atoms with Crippen molar-refractivity contribution < 1.29 is 14.3 Å². The molecule has 2 amide bonds. The zero-order chi connectivity index (χ0) is 21.8. The molecule has 2 aromatic heterocycles. The van der Waals surface area contributed by atoms with Crippen LogP contribution in [0.25, 0.3) is 16.9 Å². The number of hydrazine groups is 1. The number of aryl methyl sites for hydroxylation is 1. The van der Waals surface area contributed by atoms with E-state index in [4.69, 9.17) is 4.74 Å². The predicted octanol–water partition coefficient (Wildman–Crippen LogP) is 3.26. The molecule has 0 radical (unpaired) electrons. The summed E-state index contributed by atoms with van der Waals surface area (Å²) in [5, 5.41) is 4.64. The van der Waals surface area contributed by atoms with Crippen molar-refractivity contribution in [2.24, 2.45) is 0 Å². The summed E-state index contributed by atoms with van der Waals surface area (Å²) in [6, 6.07) is 18.4. The molecule has 0 aliphatic heterocycles. The highest BCUT2D eigenvalue weighted by molar-refractivity contribution is 6.02. The van der Waals surface area contributed by atoms with E-state index in [1.54, 1.807) is 42.4 Å². The number of carbonyl (C=O) groups excluding carboxylic acids is 2. The van der Waals surface area contributed by atoms with E-state index < -0.39 is 11.8 Å². The van der Waals surface area contributed by atoms with Crippen LogP contribution in [0.2, 0.25) is 0 Å². The molecule has 0 aliphatic rings. The van der Waals surface area contributed by atoms with Crippen LogP contribution in [0.1, 0.15) is 26.4 Å². The minimum atomic E-state index is -0.490. The number of nitrogens with zero attached hydrogens (tertiary/aromatic N) is 2. The molecule has 0 fully saturated rings. The van der Waals surface area contributed by atoms with Gasteiger partial charge in [-0.15, -0.1) is 0 Å². The van der Waals surface area contributed by atoms with Crippen molar-refractivity contribution in [3.05, 3.63) is 89.9 Å². The van der Waals surface area contributed by atoms with Gasteiger partial charge >= 0.3 is 0 Å². The Balaban J connectivity index is 1.67. The van der Waals surface area contributed by atoms with Gasteiger partial charge in [-0.05, 0) is 43.3 Å². The first-order chi connectivity index (χ1) is 15.0. The molecule has 156 valence electrons. The first-order valence-corrected chi connectivity index (χ1v) is 9.60. The fourth-order valence-electron chi connectivity index (χ4n) is 3.07. The first kappa shape index (κ1) is 20.0. The molecule has 31 heavy (non-hydrogen) atoms. The molecule has 4 rings (SSSR count). The van der Waals surface area contributed by atoms with Gasteiger partial charge in [0.05, 0.1) is 18.4 Å². The lowest BCUT2D eigenvalue weighted by Gasteiger charge is -2.07. The van der Waals surface area contributed by atoms with Crippen LogP contribution in [0, 0.1) is 6.92 Å². The number of aromatic nitrogens is 3. The van der Waals surface area contributed by atoms with Gasteiger partial charge in [0.1, 0.15) is 17.1 Å². The number of ether oxygens (including phenoxy) is 1. The van der Waals surface area contributed by atoms with Gasteiger partial charge in [-0.1, -0.05) is 29.8 Å². The van der Waals surface area contributed by atoms with Crippen molar-refractivity contribution in [2.75, 3.05) is 7.11 Å². The number of amides is 2. The van der Waals surface area contributed by atoms with Gasteiger partial charge < -0.3 is 9.72 Å². The molecule has 0 bridgehead atoms. The Bertz CT molecular complexity index is 1210. The molecule has 8 heteroatoms. The topological polar surface area (TPSA) is 101 Å². The fraction of sp³-hybridized carbons (Fsp3) is 0.0870. The molecule has 3 N–H and O–H groups in total. The van der Waals surface area contributed by atoms with E-state index in [9.17, 15) is 9.59 Å². The molecule has 0 saturated carbocycles. The van der Waals surface area contributed by atoms with E-state index >= 15 is 0 Å². The summed E-state index contributed by atoms with van der Waals surface area (Å²) in [5.74, 6) is -0.294. The molecule has 4 aromatic rings. The average molecular weight is 415 g/mol. The minimum Gasteiger partial charge on any atom is -0.497 e. The summed E-state index contributed by atoms with van der Waals surface area (Å²) in [5.41, 5.74) is 8.62. The molecule has 0 saturated heterocycles. The number of methoxy groups -OCH3 is 1. The predicted molar refractivity (Wildman–Crippen MR) is 116 cm³/mol. The number of hydrogen-bond donors (Lipinski definition) is 3. The number of rotatable bonds is 5. The van der Waals surface area contributed by atoms with Crippen LogP contribution >= 0.6 is 0 Å². The third-order valence-electron chi connectivity index (χ3n) is 4.73. The van der Waals surface area contributed by atoms with Gasteiger partial charge in [-0.2, -0.15) is 5.10 Å². The van der Waals surface area contributed by atoms with E-state index in [0.717, 1.165) is 11.3 Å². The van der Waals surface area contributed by atoms with Crippen molar-refractivity contribution in [1.82, 2.24) is 25.6 Å². The molecule has 2 aromatic carbocycles. The van der Waals surface area contributed by atoms with Crippen LogP contribution in [0.15, 0.2) is 73.1 Å². The highest BCUT2D eigenvalue weighted by Gasteiger charge is 2.20. The van der Waals surface area contributed by atoms with E-state index in [1.807, 2.05) is 49.4 Å². The van der Waals surface area contributed by atoms with Crippen LogP contribution in [-0.2, 0) is 0 Å². The van der Waals surface area contributed by atoms with E-state index in [-0.39, 0.29) is 0 Å². The van der Waals surface area contributed by atoms with Gasteiger partial charge in [0, 0.05) is 18.0 Å². The molecular weight excluding hydrogens is 394 g/mol. The summed E-state index contributed by atoms with van der Waals surface area (Å²) in [6.07, 6.45) is 3.26. The van der Waals surface area contributed by atoms with Crippen LogP contribution in [0.5, 0.6) is 5.75 Å². The molecule has 0 spiro atoms. The number of hydrogen-bond acceptors (Lipinski definition) is 4. The molecular formula is C23H21N5O3. The van der Waals surface area contributed by atoms with E-state index in [0.29, 0.717) is 28.3 Å². The number of H-pyrrole nitrogens is 1. The van der Waals surface area contributed by atoms with Crippen molar-refractivity contribution >= 4 is 11.8 Å². The molecule has 0 aliphatic carbocycles. The zero-order valence-electron chi connectivity index (χ0n) is 17.0. The smallest absolute Gasteiger partial charge is 0.286 e. The lowest BCUT2D eigenvalue weighted by atomic mass is 10.1. The monoisotopic (exact) mass is 415 g/mol. The van der Waals surface area contributed by atoms with Crippen molar-refractivity contribution in [3.8, 4) is 22.7 Å². The Kier molecular flexibility index (Phi) is 5.53. The molecule has 8 nitrogen and oxygen atoms in total. The average Bonchev–Trinajstić information content (AvgIpc) is 3.48. The second-order valence-corrected chi connectivity index (χ2v) is 6.90. The molecule has 0 unspecified atom stereocenters. The van der Waals surface area contributed by atoms with Crippen LogP contribution in [0.3, 0.4) is 0 Å². The van der Waals surface area contributed by atoms with E-state index in [1.165, 1.54) is 0 Å². The lowest BCUT2D eigenvalue weighted by molar-refractivity contribution is 0.0844. The summed E-state index contributed by atoms with van der Waals surface area (Å²) < 4.78 is 6.94. The maximum atomic E-state index is 12.9. The maximum Gasteiger partial charge on any atom is 0.286 e. The third kappa shape index (κ3) is 4.32. The lowest BCUT2D eigenvalue weighted by Crippen LogP contribution is -2.41.